The summed E-state index contributed by atoms with van der Waals surface area (Å²) in [5.74, 6) is 0. The molecule has 0 spiro atoms. The fourth-order valence-corrected chi connectivity index (χ4v) is 0.258. The number of rotatable bonds is 3. The zero-order valence-electron chi connectivity index (χ0n) is 4.70. The standard InChI is InChI=1S/C6H6F3/c1-2-5(7)3-4-6(8)9/h2,4H,1,3H2. The fraction of sp³-hybridized carbons (Fsp3) is 0.167. The summed E-state index contributed by atoms with van der Waals surface area (Å²) < 4.78 is 34.3. The van der Waals surface area contributed by atoms with E-state index in [1.54, 1.807) is 0 Å². The van der Waals surface area contributed by atoms with Gasteiger partial charge in [-0.2, -0.15) is 8.78 Å². The van der Waals surface area contributed by atoms with Crippen molar-refractivity contribution in [3.8, 4) is 0 Å². The van der Waals surface area contributed by atoms with E-state index in [1.165, 1.54) is 0 Å². The number of allylic oxidation sites excluding steroid dienone is 2. The summed E-state index contributed by atoms with van der Waals surface area (Å²) in [7, 11) is 0. The van der Waals surface area contributed by atoms with Crippen LogP contribution in [0.15, 0.2) is 24.8 Å². The molecule has 0 amide bonds. The summed E-state index contributed by atoms with van der Waals surface area (Å²) in [4.78, 5) is 0. The largest absolute Gasteiger partial charge is 0.266 e. The van der Waals surface area contributed by atoms with E-state index < -0.39 is 12.3 Å². The highest BCUT2D eigenvalue weighted by atomic mass is 19.3. The Bertz CT molecular complexity index is 113. The van der Waals surface area contributed by atoms with Crippen molar-refractivity contribution in [1.82, 2.24) is 0 Å². The van der Waals surface area contributed by atoms with E-state index in [1.807, 2.05) is 0 Å². The van der Waals surface area contributed by atoms with Crippen LogP contribution in [0.1, 0.15) is 6.42 Å². The van der Waals surface area contributed by atoms with E-state index in [0.717, 1.165) is 6.08 Å². The molecule has 0 saturated heterocycles. The fourth-order valence-electron chi connectivity index (χ4n) is 0.258. The van der Waals surface area contributed by atoms with Gasteiger partial charge in [-0.3, -0.25) is 0 Å². The maximum absolute atomic E-state index is 11.9. The predicted octanol–water partition coefficient (Wildman–Crippen LogP) is 2.84. The summed E-state index contributed by atoms with van der Waals surface area (Å²) in [5, 5.41) is 0. The van der Waals surface area contributed by atoms with Crippen LogP contribution in [0.5, 0.6) is 0 Å². The van der Waals surface area contributed by atoms with Crippen molar-refractivity contribution in [1.29, 1.82) is 0 Å². The van der Waals surface area contributed by atoms with E-state index >= 15 is 0 Å². The van der Waals surface area contributed by atoms with Crippen LogP contribution in [0.25, 0.3) is 0 Å². The van der Waals surface area contributed by atoms with Crippen LogP contribution in [0, 0.1) is 6.17 Å². The van der Waals surface area contributed by atoms with Crippen molar-refractivity contribution in [2.45, 2.75) is 6.42 Å². The molecule has 0 aromatic heterocycles. The first-order valence-corrected chi connectivity index (χ1v) is 2.31. The van der Waals surface area contributed by atoms with Crippen LogP contribution >= 0.6 is 0 Å². The lowest BCUT2D eigenvalue weighted by molar-refractivity contribution is 0.413. The molecular weight excluding hydrogens is 129 g/mol. The van der Waals surface area contributed by atoms with Gasteiger partial charge in [0.05, 0.1) is 0 Å². The Morgan fingerprint density at radius 2 is 1.89 bits per heavy atom. The Morgan fingerprint density at radius 3 is 2.22 bits per heavy atom. The van der Waals surface area contributed by atoms with Crippen molar-refractivity contribution < 1.29 is 13.2 Å². The van der Waals surface area contributed by atoms with Crippen molar-refractivity contribution in [3.05, 3.63) is 31.0 Å². The average molecular weight is 135 g/mol. The van der Waals surface area contributed by atoms with Crippen LogP contribution in [0.4, 0.5) is 13.2 Å². The zero-order chi connectivity index (χ0) is 7.28. The lowest BCUT2D eigenvalue weighted by Crippen LogP contribution is -1.78. The molecule has 0 N–H and O–H groups in total. The van der Waals surface area contributed by atoms with Gasteiger partial charge in [-0.25, -0.2) is 4.39 Å². The Morgan fingerprint density at radius 1 is 1.33 bits per heavy atom. The minimum Gasteiger partial charge on any atom is -0.235 e. The van der Waals surface area contributed by atoms with Gasteiger partial charge in [0.25, 0.3) is 6.08 Å². The molecule has 0 aromatic carbocycles. The molecule has 1 radical (unpaired) electrons. The molecule has 9 heavy (non-hydrogen) atoms. The van der Waals surface area contributed by atoms with Gasteiger partial charge >= 0.3 is 0 Å². The van der Waals surface area contributed by atoms with Crippen LogP contribution < -0.4 is 0 Å². The van der Waals surface area contributed by atoms with Gasteiger partial charge < -0.3 is 0 Å². The lowest BCUT2D eigenvalue weighted by Gasteiger charge is -1.90. The van der Waals surface area contributed by atoms with E-state index in [2.05, 4.69) is 6.58 Å². The predicted molar refractivity (Wildman–Crippen MR) is 29.5 cm³/mol. The minimum atomic E-state index is -1.87. The molecule has 0 aromatic rings. The van der Waals surface area contributed by atoms with Crippen LogP contribution in [-0.4, -0.2) is 0 Å². The molecule has 0 aliphatic rings. The summed E-state index contributed by atoms with van der Waals surface area (Å²) >= 11 is 0. The number of hydrogen-bond acceptors (Lipinski definition) is 0. The molecule has 0 aliphatic carbocycles. The minimum absolute atomic E-state index is 0.369. The monoisotopic (exact) mass is 135 g/mol. The normalized spacial score (nSPS) is 9.33. The molecular formula is C6H6F3. The topological polar surface area (TPSA) is 0 Å². The van der Waals surface area contributed by atoms with Crippen molar-refractivity contribution in [2.24, 2.45) is 0 Å². The Kier molecular flexibility index (Phi) is 3.84. The molecule has 0 unspecified atom stereocenters. The van der Waals surface area contributed by atoms with Gasteiger partial charge in [0.1, 0.15) is 0 Å². The van der Waals surface area contributed by atoms with Gasteiger partial charge in [-0.15, -0.1) is 0 Å². The van der Waals surface area contributed by atoms with E-state index in [9.17, 15) is 13.2 Å². The highest BCUT2D eigenvalue weighted by molar-refractivity contribution is 5.02. The summed E-state index contributed by atoms with van der Waals surface area (Å²) in [6, 6.07) is 0. The first-order chi connectivity index (χ1) is 4.16. The van der Waals surface area contributed by atoms with Crippen LogP contribution in [-0.2, 0) is 0 Å². The van der Waals surface area contributed by atoms with E-state index in [4.69, 9.17) is 0 Å². The SMILES string of the molecule is C=C[C](F)CC=C(F)F. The molecule has 0 nitrogen and oxygen atoms in total. The van der Waals surface area contributed by atoms with Crippen LogP contribution in [0.2, 0.25) is 0 Å². The van der Waals surface area contributed by atoms with Gasteiger partial charge in [-0.05, 0) is 6.08 Å². The third-order valence-corrected chi connectivity index (χ3v) is 0.673. The summed E-state index contributed by atoms with van der Waals surface area (Å²) in [5.41, 5.74) is 0. The second-order valence-electron chi connectivity index (χ2n) is 1.35. The average Bonchev–Trinajstić information content (AvgIpc) is 1.83. The third kappa shape index (κ3) is 5.14. The molecule has 0 heterocycles. The van der Waals surface area contributed by atoms with E-state index in [-0.39, 0.29) is 6.42 Å². The smallest absolute Gasteiger partial charge is 0.235 e. The first-order valence-electron chi connectivity index (χ1n) is 2.31. The van der Waals surface area contributed by atoms with Gasteiger partial charge in [0.15, 0.2) is 6.17 Å². The van der Waals surface area contributed by atoms with Gasteiger partial charge in [0, 0.05) is 6.42 Å². The van der Waals surface area contributed by atoms with Crippen molar-refractivity contribution in [3.63, 3.8) is 0 Å². The lowest BCUT2D eigenvalue weighted by atomic mass is 10.3. The molecule has 3 heteroatoms. The molecule has 0 rings (SSSR count). The summed E-state index contributed by atoms with van der Waals surface area (Å²) in [6.45, 7) is 3.05. The molecule has 0 saturated carbocycles. The highest BCUT2D eigenvalue weighted by Crippen LogP contribution is 2.11. The second kappa shape index (κ2) is 4.18. The first kappa shape index (κ1) is 8.27. The van der Waals surface area contributed by atoms with E-state index in [0.29, 0.717) is 6.08 Å². The second-order valence-corrected chi connectivity index (χ2v) is 1.35. The molecule has 0 atom stereocenters. The molecule has 0 aliphatic heterocycles. The Balaban J connectivity index is 3.49. The Labute approximate surface area is 51.7 Å². The van der Waals surface area contributed by atoms with Crippen LogP contribution in [0.3, 0.4) is 0 Å². The summed E-state index contributed by atoms with van der Waals surface area (Å²) in [6.07, 6.45) is -1.49. The number of hydrogen-bond donors (Lipinski definition) is 0. The number of halogens is 3. The third-order valence-electron chi connectivity index (χ3n) is 0.673. The molecule has 51 valence electrons. The van der Waals surface area contributed by atoms with Crippen molar-refractivity contribution in [2.75, 3.05) is 0 Å². The highest BCUT2D eigenvalue weighted by Gasteiger charge is 1.99. The zero-order valence-corrected chi connectivity index (χ0v) is 4.70. The quantitative estimate of drug-likeness (QED) is 0.558. The van der Waals surface area contributed by atoms with Gasteiger partial charge in [0.2, 0.25) is 0 Å². The maximum Gasteiger partial charge on any atom is 0.266 e. The molecule has 0 bridgehead atoms. The Hall–Kier alpha value is -0.730. The van der Waals surface area contributed by atoms with Gasteiger partial charge in [-0.1, -0.05) is 12.7 Å². The molecule has 0 fully saturated rings. The maximum atomic E-state index is 11.9. The van der Waals surface area contributed by atoms with Crippen molar-refractivity contribution >= 4 is 0 Å².